The Kier molecular flexibility index (Phi) is 13.9. The van der Waals surface area contributed by atoms with Crippen LogP contribution in [0.4, 0.5) is 0 Å². The molecule has 6 rings (SSSR count). The SMILES string of the molecule is CCC(=O)C[C@@H](COC1OC2COC(c3ccccc3)OC2C(OCc2ccccc2)C1OCc1ccccc1)[C@@H](CC)OCc1ccccc1. The summed E-state index contributed by atoms with van der Waals surface area (Å²) in [5.41, 5.74) is 4.05. The van der Waals surface area contributed by atoms with E-state index in [0.717, 1.165) is 28.7 Å². The van der Waals surface area contributed by atoms with Crippen LogP contribution in [0.25, 0.3) is 0 Å². The fourth-order valence-corrected chi connectivity index (χ4v) is 6.68. The topological polar surface area (TPSA) is 81.7 Å². The van der Waals surface area contributed by atoms with Gasteiger partial charge in [0, 0.05) is 24.3 Å². The molecule has 51 heavy (non-hydrogen) atoms. The third kappa shape index (κ3) is 10.4. The van der Waals surface area contributed by atoms with Crippen molar-refractivity contribution in [3.8, 4) is 0 Å². The Morgan fingerprint density at radius 1 is 0.686 bits per heavy atom. The standard InChI is InChI=1S/C43H50O8/c1-3-36(44)25-35(37(4-2)45-26-31-17-9-5-10-18-31)29-48-43-41(47-28-33-21-13-7-14-22-33)40(46-27-32-19-11-6-12-20-32)39-38(50-43)30-49-42(51-39)34-23-15-8-16-24-34/h5-24,35,37-43H,3-4,25-30H2,1-2H3/t35-,37+,38?,39?,40?,41?,42?,43?/m0/s1. The average Bonchev–Trinajstić information content (AvgIpc) is 3.19. The van der Waals surface area contributed by atoms with Gasteiger partial charge in [-0.1, -0.05) is 135 Å². The number of carbonyl (C=O) groups excluding carboxylic acids is 1. The van der Waals surface area contributed by atoms with Crippen molar-refractivity contribution in [2.45, 2.75) is 96.0 Å². The van der Waals surface area contributed by atoms with Gasteiger partial charge in [-0.3, -0.25) is 4.79 Å². The molecule has 0 spiro atoms. The number of fused-ring (bicyclic) bond motifs is 1. The summed E-state index contributed by atoms with van der Waals surface area (Å²) >= 11 is 0. The van der Waals surface area contributed by atoms with Crippen molar-refractivity contribution in [3.05, 3.63) is 144 Å². The highest BCUT2D eigenvalue weighted by Gasteiger charge is 2.52. The van der Waals surface area contributed by atoms with E-state index in [1.807, 2.05) is 128 Å². The lowest BCUT2D eigenvalue weighted by atomic mass is 9.93. The molecule has 2 aliphatic heterocycles. The van der Waals surface area contributed by atoms with Crippen LogP contribution in [0.1, 0.15) is 61.7 Å². The summed E-state index contributed by atoms with van der Waals surface area (Å²) in [6, 6.07) is 40.1. The molecular weight excluding hydrogens is 644 g/mol. The predicted octanol–water partition coefficient (Wildman–Crippen LogP) is 7.99. The molecule has 0 aromatic heterocycles. The lowest BCUT2D eigenvalue weighted by Crippen LogP contribution is -2.63. The van der Waals surface area contributed by atoms with Crippen molar-refractivity contribution in [2.24, 2.45) is 5.92 Å². The fourth-order valence-electron chi connectivity index (χ4n) is 6.68. The first kappa shape index (κ1) is 37.0. The second-order valence-corrected chi connectivity index (χ2v) is 13.2. The first-order valence-corrected chi connectivity index (χ1v) is 18.2. The van der Waals surface area contributed by atoms with Gasteiger partial charge < -0.3 is 33.2 Å². The normalized spacial score (nSPS) is 24.4. The van der Waals surface area contributed by atoms with Gasteiger partial charge in [0.05, 0.1) is 39.1 Å². The van der Waals surface area contributed by atoms with Gasteiger partial charge in [0.2, 0.25) is 0 Å². The summed E-state index contributed by atoms with van der Waals surface area (Å²) in [5, 5.41) is 0. The van der Waals surface area contributed by atoms with E-state index in [9.17, 15) is 4.79 Å². The molecule has 4 aromatic rings. The number of hydrogen-bond donors (Lipinski definition) is 0. The molecule has 0 bridgehead atoms. The van der Waals surface area contributed by atoms with Crippen LogP contribution in [0, 0.1) is 5.92 Å². The third-order valence-electron chi connectivity index (χ3n) is 9.52. The van der Waals surface area contributed by atoms with Gasteiger partial charge in [-0.05, 0) is 23.1 Å². The highest BCUT2D eigenvalue weighted by Crippen LogP contribution is 2.38. The second-order valence-electron chi connectivity index (χ2n) is 13.2. The number of ether oxygens (including phenoxy) is 7. The molecule has 2 fully saturated rings. The molecule has 0 amide bonds. The summed E-state index contributed by atoms with van der Waals surface area (Å²) in [6.07, 6.45) is -2.25. The van der Waals surface area contributed by atoms with Crippen LogP contribution in [0.2, 0.25) is 0 Å². The van der Waals surface area contributed by atoms with Crippen LogP contribution in [-0.2, 0) is 57.8 Å². The molecule has 0 radical (unpaired) electrons. The van der Waals surface area contributed by atoms with E-state index in [4.69, 9.17) is 33.2 Å². The number of rotatable bonds is 18. The van der Waals surface area contributed by atoms with Gasteiger partial charge in [0.15, 0.2) is 12.6 Å². The van der Waals surface area contributed by atoms with Gasteiger partial charge in [-0.2, -0.15) is 0 Å². The zero-order valence-electron chi connectivity index (χ0n) is 29.6. The predicted molar refractivity (Wildman–Crippen MR) is 193 cm³/mol. The molecule has 2 heterocycles. The van der Waals surface area contributed by atoms with Crippen LogP contribution in [0.15, 0.2) is 121 Å². The molecule has 4 aromatic carbocycles. The molecule has 6 unspecified atom stereocenters. The molecule has 0 aliphatic carbocycles. The Bertz CT molecular complexity index is 1570. The second kappa shape index (κ2) is 19.2. The van der Waals surface area contributed by atoms with Crippen LogP contribution >= 0.6 is 0 Å². The number of benzene rings is 4. The Morgan fingerprint density at radius 2 is 1.24 bits per heavy atom. The minimum absolute atomic E-state index is 0.164. The van der Waals surface area contributed by atoms with E-state index in [-0.39, 0.29) is 31.0 Å². The van der Waals surface area contributed by atoms with Crippen LogP contribution in [0.3, 0.4) is 0 Å². The lowest BCUT2D eigenvalue weighted by Gasteiger charge is -2.49. The first-order chi connectivity index (χ1) is 25.1. The number of carbonyl (C=O) groups is 1. The van der Waals surface area contributed by atoms with E-state index >= 15 is 0 Å². The van der Waals surface area contributed by atoms with Crippen molar-refractivity contribution in [1.29, 1.82) is 0 Å². The fraction of sp³-hybridized carbons (Fsp3) is 0.419. The summed E-state index contributed by atoms with van der Waals surface area (Å²) in [7, 11) is 0. The lowest BCUT2D eigenvalue weighted by molar-refractivity contribution is -0.373. The largest absolute Gasteiger partial charge is 0.373 e. The van der Waals surface area contributed by atoms with Crippen LogP contribution < -0.4 is 0 Å². The van der Waals surface area contributed by atoms with E-state index in [0.29, 0.717) is 32.7 Å². The van der Waals surface area contributed by atoms with Gasteiger partial charge in [-0.15, -0.1) is 0 Å². The molecule has 8 heteroatoms. The maximum absolute atomic E-state index is 12.9. The minimum atomic E-state index is -0.818. The molecule has 8 atom stereocenters. The van der Waals surface area contributed by atoms with Crippen molar-refractivity contribution >= 4 is 5.78 Å². The van der Waals surface area contributed by atoms with Gasteiger partial charge in [-0.25, -0.2) is 0 Å². The van der Waals surface area contributed by atoms with Crippen molar-refractivity contribution in [3.63, 3.8) is 0 Å². The number of hydrogen-bond acceptors (Lipinski definition) is 8. The first-order valence-electron chi connectivity index (χ1n) is 18.2. The Balaban J connectivity index is 1.25. The van der Waals surface area contributed by atoms with Crippen molar-refractivity contribution in [1.82, 2.24) is 0 Å². The summed E-state index contributed by atoms with van der Waals surface area (Å²) in [4.78, 5) is 12.9. The molecule has 8 nitrogen and oxygen atoms in total. The van der Waals surface area contributed by atoms with E-state index in [2.05, 4.69) is 6.92 Å². The minimum Gasteiger partial charge on any atom is -0.373 e. The van der Waals surface area contributed by atoms with Gasteiger partial charge in [0.25, 0.3) is 0 Å². The Hall–Kier alpha value is -3.73. The maximum Gasteiger partial charge on any atom is 0.186 e. The molecule has 2 aliphatic rings. The molecule has 0 saturated carbocycles. The summed E-state index contributed by atoms with van der Waals surface area (Å²) < 4.78 is 46.1. The van der Waals surface area contributed by atoms with Crippen LogP contribution in [0.5, 0.6) is 0 Å². The molecule has 2 saturated heterocycles. The molecule has 270 valence electrons. The van der Waals surface area contributed by atoms with E-state index in [1.165, 1.54) is 0 Å². The number of Topliss-reactive ketones (excluding diaryl/α,β-unsaturated/α-hetero) is 1. The highest BCUT2D eigenvalue weighted by atomic mass is 16.8. The number of ketones is 1. The summed E-state index contributed by atoms with van der Waals surface area (Å²) in [6.45, 7) is 5.64. The summed E-state index contributed by atoms with van der Waals surface area (Å²) in [5.74, 6) is -0.0239. The monoisotopic (exact) mass is 694 g/mol. The smallest absolute Gasteiger partial charge is 0.186 e. The quantitative estimate of drug-likeness (QED) is 0.104. The zero-order chi connectivity index (χ0) is 35.3. The average molecular weight is 695 g/mol. The highest BCUT2D eigenvalue weighted by molar-refractivity contribution is 5.78. The zero-order valence-corrected chi connectivity index (χ0v) is 29.6. The van der Waals surface area contributed by atoms with Crippen LogP contribution in [-0.4, -0.2) is 55.8 Å². The Labute approximate surface area is 301 Å². The molecule has 0 N–H and O–H groups in total. The van der Waals surface area contributed by atoms with E-state index in [1.54, 1.807) is 0 Å². The van der Waals surface area contributed by atoms with Crippen molar-refractivity contribution < 1.29 is 38.0 Å². The maximum atomic E-state index is 12.9. The molecular formula is C43H50O8. The van der Waals surface area contributed by atoms with Crippen molar-refractivity contribution in [2.75, 3.05) is 13.2 Å². The van der Waals surface area contributed by atoms with Gasteiger partial charge >= 0.3 is 0 Å². The van der Waals surface area contributed by atoms with Gasteiger partial charge in [0.1, 0.15) is 30.2 Å². The third-order valence-corrected chi connectivity index (χ3v) is 9.52. The van der Waals surface area contributed by atoms with E-state index < -0.39 is 37.0 Å². The Morgan fingerprint density at radius 3 is 1.80 bits per heavy atom.